The van der Waals surface area contributed by atoms with Crippen molar-refractivity contribution in [2.24, 2.45) is 0 Å². The number of nitrogens with one attached hydrogen (secondary N) is 1. The highest BCUT2D eigenvalue weighted by atomic mass is 16.3. The molecule has 4 heteroatoms. The van der Waals surface area contributed by atoms with Gasteiger partial charge in [-0.25, -0.2) is 0 Å². The molecule has 3 rings (SSSR count). The molecule has 0 amide bonds. The lowest BCUT2D eigenvalue weighted by Crippen LogP contribution is -2.47. The van der Waals surface area contributed by atoms with Crippen molar-refractivity contribution in [3.05, 3.63) is 59.5 Å². The van der Waals surface area contributed by atoms with E-state index < -0.39 is 0 Å². The van der Waals surface area contributed by atoms with Crippen LogP contribution in [0, 0.1) is 6.92 Å². The van der Waals surface area contributed by atoms with Crippen molar-refractivity contribution in [2.45, 2.75) is 20.0 Å². The Balaban J connectivity index is 1.30. The maximum Gasteiger partial charge on any atom is 0.117 e. The quantitative estimate of drug-likeness (QED) is 0.796. The SMILES string of the molecule is Cc1ccc(CNCCN2CCN(Cc3ccccc3)CC2)o1. The van der Waals surface area contributed by atoms with Crippen LogP contribution in [0.25, 0.3) is 0 Å². The van der Waals surface area contributed by atoms with Gasteiger partial charge in [-0.05, 0) is 24.6 Å². The van der Waals surface area contributed by atoms with Gasteiger partial charge < -0.3 is 9.73 Å². The zero-order chi connectivity index (χ0) is 15.9. The van der Waals surface area contributed by atoms with E-state index in [1.54, 1.807) is 0 Å². The average molecular weight is 313 g/mol. The van der Waals surface area contributed by atoms with Crippen LogP contribution >= 0.6 is 0 Å². The molecule has 23 heavy (non-hydrogen) atoms. The number of nitrogens with zero attached hydrogens (tertiary/aromatic N) is 2. The normalized spacial score (nSPS) is 16.7. The van der Waals surface area contributed by atoms with Crippen molar-refractivity contribution in [3.63, 3.8) is 0 Å². The maximum atomic E-state index is 5.56. The number of furan rings is 1. The first-order chi connectivity index (χ1) is 11.3. The molecule has 1 aliphatic rings. The fourth-order valence-corrected chi connectivity index (χ4v) is 3.04. The smallest absolute Gasteiger partial charge is 0.117 e. The molecule has 1 saturated heterocycles. The second kappa shape index (κ2) is 8.29. The van der Waals surface area contributed by atoms with Gasteiger partial charge in [-0.2, -0.15) is 0 Å². The van der Waals surface area contributed by atoms with Gasteiger partial charge in [0.1, 0.15) is 11.5 Å². The lowest BCUT2D eigenvalue weighted by Gasteiger charge is -2.34. The Kier molecular flexibility index (Phi) is 5.86. The van der Waals surface area contributed by atoms with Crippen molar-refractivity contribution >= 4 is 0 Å². The molecule has 4 nitrogen and oxygen atoms in total. The summed E-state index contributed by atoms with van der Waals surface area (Å²) in [5, 5.41) is 3.46. The van der Waals surface area contributed by atoms with Crippen LogP contribution in [0.4, 0.5) is 0 Å². The highest BCUT2D eigenvalue weighted by molar-refractivity contribution is 5.14. The van der Waals surface area contributed by atoms with Gasteiger partial charge >= 0.3 is 0 Å². The number of aryl methyl sites for hydroxylation is 1. The highest BCUT2D eigenvalue weighted by Crippen LogP contribution is 2.08. The number of piperazine rings is 1. The van der Waals surface area contributed by atoms with Gasteiger partial charge in [0.2, 0.25) is 0 Å². The number of rotatable bonds is 7. The Hall–Kier alpha value is -1.62. The summed E-state index contributed by atoms with van der Waals surface area (Å²) >= 11 is 0. The summed E-state index contributed by atoms with van der Waals surface area (Å²) in [6.45, 7) is 10.6. The molecular formula is C19H27N3O. The van der Waals surface area contributed by atoms with Gasteiger partial charge in [0.05, 0.1) is 6.54 Å². The molecule has 0 radical (unpaired) electrons. The molecule has 0 atom stereocenters. The summed E-state index contributed by atoms with van der Waals surface area (Å²) in [7, 11) is 0. The molecule has 0 saturated carbocycles. The summed E-state index contributed by atoms with van der Waals surface area (Å²) in [6, 6.07) is 14.8. The largest absolute Gasteiger partial charge is 0.465 e. The van der Waals surface area contributed by atoms with Gasteiger partial charge in [-0.3, -0.25) is 9.80 Å². The Labute approximate surface area is 139 Å². The lowest BCUT2D eigenvalue weighted by atomic mass is 10.2. The predicted octanol–water partition coefficient (Wildman–Crippen LogP) is 2.50. The minimum atomic E-state index is 0.821. The summed E-state index contributed by atoms with van der Waals surface area (Å²) in [5.41, 5.74) is 1.41. The third kappa shape index (κ3) is 5.20. The van der Waals surface area contributed by atoms with Crippen molar-refractivity contribution in [1.29, 1.82) is 0 Å². The van der Waals surface area contributed by atoms with Crippen LogP contribution in [-0.4, -0.2) is 49.1 Å². The fourth-order valence-electron chi connectivity index (χ4n) is 3.04. The summed E-state index contributed by atoms with van der Waals surface area (Å²) < 4.78 is 5.56. The summed E-state index contributed by atoms with van der Waals surface area (Å²) in [4.78, 5) is 5.09. The molecule has 124 valence electrons. The summed E-state index contributed by atoms with van der Waals surface area (Å²) in [5.74, 6) is 2.01. The standard InChI is InChI=1S/C19H27N3O/c1-17-7-8-19(23-17)15-20-9-10-21-11-13-22(14-12-21)16-18-5-3-2-4-6-18/h2-8,20H,9-16H2,1H3. The zero-order valence-electron chi connectivity index (χ0n) is 14.0. The van der Waals surface area contributed by atoms with Crippen LogP contribution in [0.2, 0.25) is 0 Å². The van der Waals surface area contributed by atoms with E-state index in [2.05, 4.69) is 45.4 Å². The van der Waals surface area contributed by atoms with E-state index in [0.717, 1.165) is 63.9 Å². The van der Waals surface area contributed by atoms with Gasteiger partial charge in [0.15, 0.2) is 0 Å². The van der Waals surface area contributed by atoms with Crippen molar-refractivity contribution in [3.8, 4) is 0 Å². The Morgan fingerprint density at radius 1 is 0.957 bits per heavy atom. The molecule has 1 N–H and O–H groups in total. The third-order valence-corrected chi connectivity index (χ3v) is 4.41. The monoisotopic (exact) mass is 313 g/mol. The predicted molar refractivity (Wildman–Crippen MR) is 93.3 cm³/mol. The Morgan fingerprint density at radius 2 is 1.70 bits per heavy atom. The lowest BCUT2D eigenvalue weighted by molar-refractivity contribution is 0.127. The number of hydrogen-bond donors (Lipinski definition) is 1. The van der Waals surface area contributed by atoms with E-state index in [9.17, 15) is 0 Å². The first kappa shape index (κ1) is 16.2. The van der Waals surface area contributed by atoms with Crippen LogP contribution in [0.5, 0.6) is 0 Å². The van der Waals surface area contributed by atoms with Crippen LogP contribution in [0.15, 0.2) is 46.9 Å². The molecule has 1 fully saturated rings. The van der Waals surface area contributed by atoms with E-state index in [1.165, 1.54) is 5.56 Å². The van der Waals surface area contributed by atoms with Gasteiger partial charge in [-0.15, -0.1) is 0 Å². The van der Waals surface area contributed by atoms with Crippen LogP contribution < -0.4 is 5.32 Å². The van der Waals surface area contributed by atoms with Crippen molar-refractivity contribution in [1.82, 2.24) is 15.1 Å². The molecular weight excluding hydrogens is 286 g/mol. The van der Waals surface area contributed by atoms with Gasteiger partial charge in [0.25, 0.3) is 0 Å². The second-order valence-corrected chi connectivity index (χ2v) is 6.29. The molecule has 0 bridgehead atoms. The number of benzene rings is 1. The molecule has 1 aliphatic heterocycles. The summed E-state index contributed by atoms with van der Waals surface area (Å²) in [6.07, 6.45) is 0. The van der Waals surface area contributed by atoms with Gasteiger partial charge in [0, 0.05) is 45.8 Å². The average Bonchev–Trinajstić information content (AvgIpc) is 2.99. The molecule has 0 unspecified atom stereocenters. The van der Waals surface area contributed by atoms with E-state index in [1.807, 2.05) is 19.1 Å². The zero-order valence-corrected chi connectivity index (χ0v) is 14.0. The number of hydrogen-bond acceptors (Lipinski definition) is 4. The molecule has 2 heterocycles. The first-order valence-corrected chi connectivity index (χ1v) is 8.54. The molecule has 1 aromatic heterocycles. The fraction of sp³-hybridized carbons (Fsp3) is 0.474. The molecule has 0 aliphatic carbocycles. The first-order valence-electron chi connectivity index (χ1n) is 8.54. The van der Waals surface area contributed by atoms with Gasteiger partial charge in [-0.1, -0.05) is 30.3 Å². The molecule has 2 aromatic rings. The van der Waals surface area contributed by atoms with Crippen LogP contribution in [0.1, 0.15) is 17.1 Å². The minimum absolute atomic E-state index is 0.821. The third-order valence-electron chi connectivity index (χ3n) is 4.41. The second-order valence-electron chi connectivity index (χ2n) is 6.29. The van der Waals surface area contributed by atoms with E-state index in [4.69, 9.17) is 4.42 Å². The van der Waals surface area contributed by atoms with E-state index in [-0.39, 0.29) is 0 Å². The van der Waals surface area contributed by atoms with Crippen LogP contribution in [-0.2, 0) is 13.1 Å². The van der Waals surface area contributed by atoms with E-state index in [0.29, 0.717) is 0 Å². The Morgan fingerprint density at radius 3 is 2.39 bits per heavy atom. The molecule has 1 aromatic carbocycles. The molecule has 0 spiro atoms. The van der Waals surface area contributed by atoms with E-state index >= 15 is 0 Å². The minimum Gasteiger partial charge on any atom is -0.465 e. The maximum absolute atomic E-state index is 5.56. The van der Waals surface area contributed by atoms with Crippen molar-refractivity contribution in [2.75, 3.05) is 39.3 Å². The topological polar surface area (TPSA) is 31.6 Å². The van der Waals surface area contributed by atoms with Crippen LogP contribution in [0.3, 0.4) is 0 Å². The Bertz CT molecular complexity index is 573. The highest BCUT2D eigenvalue weighted by Gasteiger charge is 2.16. The van der Waals surface area contributed by atoms with Crippen molar-refractivity contribution < 1.29 is 4.42 Å².